The SMILES string of the molecule is CN(C)CCCN(CCCN(C)C)c1ccc(N=C2N=C(N)C(=O)C=C2Nc2ccc(N(CCCN(C)C)CCC[N+](C)(C)C)cc2)cc1. The van der Waals surface area contributed by atoms with Crippen LogP contribution in [0.15, 0.2) is 70.3 Å². The van der Waals surface area contributed by atoms with Gasteiger partial charge in [-0.25, -0.2) is 9.98 Å². The van der Waals surface area contributed by atoms with Gasteiger partial charge in [0.2, 0.25) is 5.78 Å². The maximum absolute atomic E-state index is 12.6. The minimum absolute atomic E-state index is 0.0635. The lowest BCUT2D eigenvalue weighted by atomic mass is 10.2. The number of amidine groups is 2. The number of benzene rings is 2. The summed E-state index contributed by atoms with van der Waals surface area (Å²) >= 11 is 0. The quantitative estimate of drug-likeness (QED) is 0.190. The molecule has 0 bridgehead atoms. The van der Waals surface area contributed by atoms with Crippen LogP contribution in [0, 0.1) is 0 Å². The van der Waals surface area contributed by atoms with Crippen molar-refractivity contribution in [3.8, 4) is 0 Å². The predicted molar refractivity (Wildman–Crippen MR) is 210 cm³/mol. The van der Waals surface area contributed by atoms with Gasteiger partial charge in [-0.15, -0.1) is 0 Å². The van der Waals surface area contributed by atoms with Crippen LogP contribution in [-0.2, 0) is 4.79 Å². The van der Waals surface area contributed by atoms with Crippen molar-refractivity contribution in [2.75, 3.05) is 131 Å². The Morgan fingerprint density at radius 2 is 1.12 bits per heavy atom. The molecule has 2 aromatic carbocycles. The number of hydrogen-bond acceptors (Lipinski definition) is 9. The Hall–Kier alpha value is -3.77. The fourth-order valence-electron chi connectivity index (χ4n) is 5.66. The molecule has 270 valence electrons. The molecule has 0 radical (unpaired) electrons. The molecule has 0 saturated carbocycles. The van der Waals surface area contributed by atoms with E-state index in [1.165, 1.54) is 17.5 Å². The van der Waals surface area contributed by atoms with Crippen LogP contribution in [0.3, 0.4) is 0 Å². The molecule has 0 aromatic heterocycles. The summed E-state index contributed by atoms with van der Waals surface area (Å²) < 4.78 is 0.954. The first-order chi connectivity index (χ1) is 23.2. The van der Waals surface area contributed by atoms with Crippen LogP contribution >= 0.6 is 0 Å². The van der Waals surface area contributed by atoms with Crippen LogP contribution in [0.5, 0.6) is 0 Å². The van der Waals surface area contributed by atoms with Crippen molar-refractivity contribution < 1.29 is 9.28 Å². The zero-order chi connectivity index (χ0) is 36.0. The van der Waals surface area contributed by atoms with Crippen LogP contribution in [-0.4, -0.2) is 152 Å². The fourth-order valence-corrected chi connectivity index (χ4v) is 5.66. The highest BCUT2D eigenvalue weighted by Gasteiger charge is 2.20. The molecule has 49 heavy (non-hydrogen) atoms. The van der Waals surface area contributed by atoms with Gasteiger partial charge in [0.05, 0.1) is 39.1 Å². The molecule has 1 aliphatic heterocycles. The summed E-state index contributed by atoms with van der Waals surface area (Å²) in [6.07, 6.45) is 5.88. The molecule has 0 aliphatic carbocycles. The molecule has 3 N–H and O–H groups in total. The van der Waals surface area contributed by atoms with Gasteiger partial charge in [-0.05, 0) is 130 Å². The molecule has 11 heteroatoms. The summed E-state index contributed by atoms with van der Waals surface area (Å²) in [5.74, 6) is -0.0105. The van der Waals surface area contributed by atoms with Crippen molar-refractivity contribution in [2.24, 2.45) is 15.7 Å². The van der Waals surface area contributed by atoms with E-state index in [2.05, 4.69) is 135 Å². The molecular weight excluding hydrogens is 612 g/mol. The lowest BCUT2D eigenvalue weighted by molar-refractivity contribution is -0.870. The van der Waals surface area contributed by atoms with E-state index in [0.717, 1.165) is 93.9 Å². The average molecular weight is 676 g/mol. The van der Waals surface area contributed by atoms with Gasteiger partial charge in [-0.1, -0.05) is 0 Å². The van der Waals surface area contributed by atoms with Crippen molar-refractivity contribution in [2.45, 2.75) is 25.7 Å². The van der Waals surface area contributed by atoms with Gasteiger partial charge in [0, 0.05) is 55.7 Å². The first-order valence-corrected chi connectivity index (χ1v) is 17.6. The van der Waals surface area contributed by atoms with Crippen LogP contribution in [0.4, 0.5) is 22.7 Å². The number of carbonyl (C=O) groups is 1. The van der Waals surface area contributed by atoms with Crippen molar-refractivity contribution >= 4 is 40.2 Å². The van der Waals surface area contributed by atoms with Gasteiger partial charge < -0.3 is 40.0 Å². The Bertz CT molecular complexity index is 1380. The number of nitrogens with two attached hydrogens (primary N) is 1. The van der Waals surface area contributed by atoms with Gasteiger partial charge in [0.1, 0.15) is 0 Å². The van der Waals surface area contributed by atoms with E-state index >= 15 is 0 Å². The molecule has 0 saturated heterocycles. The molecule has 0 spiro atoms. The third-order valence-electron chi connectivity index (χ3n) is 8.31. The lowest BCUT2D eigenvalue weighted by Crippen LogP contribution is -2.38. The van der Waals surface area contributed by atoms with Crippen molar-refractivity contribution in [1.82, 2.24) is 14.7 Å². The van der Waals surface area contributed by atoms with E-state index in [0.29, 0.717) is 11.5 Å². The number of aliphatic imine (C=N–C) groups is 2. The molecule has 1 heterocycles. The molecule has 1 aliphatic rings. The van der Waals surface area contributed by atoms with E-state index < -0.39 is 0 Å². The van der Waals surface area contributed by atoms with E-state index in [9.17, 15) is 4.79 Å². The summed E-state index contributed by atoms with van der Waals surface area (Å²) in [5.41, 5.74) is 10.5. The second kappa shape index (κ2) is 19.4. The van der Waals surface area contributed by atoms with E-state index in [1.807, 2.05) is 12.1 Å². The van der Waals surface area contributed by atoms with Crippen molar-refractivity contribution in [3.05, 3.63) is 60.3 Å². The first-order valence-electron chi connectivity index (χ1n) is 17.6. The van der Waals surface area contributed by atoms with Crippen molar-refractivity contribution in [3.63, 3.8) is 0 Å². The number of anilines is 3. The Morgan fingerprint density at radius 1 is 0.673 bits per heavy atom. The largest absolute Gasteiger partial charge is 0.380 e. The van der Waals surface area contributed by atoms with Gasteiger partial charge in [0.15, 0.2) is 11.7 Å². The van der Waals surface area contributed by atoms with Gasteiger partial charge in [-0.3, -0.25) is 4.79 Å². The molecule has 11 nitrogen and oxygen atoms in total. The summed E-state index contributed by atoms with van der Waals surface area (Å²) in [7, 11) is 19.4. The first kappa shape index (κ1) is 39.7. The van der Waals surface area contributed by atoms with Crippen LogP contribution in [0.1, 0.15) is 25.7 Å². The van der Waals surface area contributed by atoms with E-state index in [1.54, 1.807) is 0 Å². The normalized spacial score (nSPS) is 14.5. The standard InChI is InChI=1S/C38H62N10O/c1-43(2)22-10-25-46(26-11-23-44(3)4)33-20-16-32(17-21-33)41-38-35(30-36(49)37(39)42-38)40-31-14-18-34(19-15-31)47(27-12-24-45(5)6)28-13-29-48(7,8)9/h14-21,30H,10-13,22-29H2,1-9H3,(H2-,39,40,41,42,49)/p+1. The predicted octanol–water partition coefficient (Wildman–Crippen LogP) is 4.22. The summed E-state index contributed by atoms with van der Waals surface area (Å²) in [6.45, 7) is 8.23. The smallest absolute Gasteiger partial charge is 0.222 e. The van der Waals surface area contributed by atoms with Crippen LogP contribution in [0.2, 0.25) is 0 Å². The van der Waals surface area contributed by atoms with Crippen LogP contribution < -0.4 is 20.9 Å². The number of nitrogens with one attached hydrogen (secondary N) is 1. The fraction of sp³-hybridized carbons (Fsp3) is 0.553. The molecule has 0 amide bonds. The zero-order valence-corrected chi connectivity index (χ0v) is 31.7. The highest BCUT2D eigenvalue weighted by Crippen LogP contribution is 2.24. The lowest BCUT2D eigenvalue weighted by Gasteiger charge is -2.29. The minimum atomic E-state index is -0.330. The zero-order valence-electron chi connectivity index (χ0n) is 31.7. The maximum Gasteiger partial charge on any atom is 0.222 e. The van der Waals surface area contributed by atoms with E-state index in [4.69, 9.17) is 10.7 Å². The Morgan fingerprint density at radius 3 is 1.57 bits per heavy atom. The third-order valence-corrected chi connectivity index (χ3v) is 8.31. The molecule has 0 unspecified atom stereocenters. The van der Waals surface area contributed by atoms with Gasteiger partial charge in [0.25, 0.3) is 0 Å². The third kappa shape index (κ3) is 14.7. The highest BCUT2D eigenvalue weighted by atomic mass is 16.1. The molecule has 3 rings (SSSR count). The molecular formula is C38H63N10O+. The molecule has 0 atom stereocenters. The molecule has 0 fully saturated rings. The Kier molecular flexibility index (Phi) is 15.7. The number of rotatable bonds is 21. The summed E-state index contributed by atoms with van der Waals surface area (Å²) in [4.78, 5) is 33.4. The Labute approximate surface area is 296 Å². The van der Waals surface area contributed by atoms with Gasteiger partial charge >= 0.3 is 0 Å². The summed E-state index contributed by atoms with van der Waals surface area (Å²) in [5, 5.41) is 3.39. The van der Waals surface area contributed by atoms with E-state index in [-0.39, 0.29) is 11.6 Å². The summed E-state index contributed by atoms with van der Waals surface area (Å²) in [6, 6.07) is 16.6. The van der Waals surface area contributed by atoms with Crippen LogP contribution in [0.25, 0.3) is 0 Å². The maximum atomic E-state index is 12.6. The minimum Gasteiger partial charge on any atom is -0.380 e. The van der Waals surface area contributed by atoms with Gasteiger partial charge in [-0.2, -0.15) is 0 Å². The number of ketones is 1. The number of carbonyl (C=O) groups excluding carboxylic acids is 1. The number of nitrogens with zero attached hydrogens (tertiary/aromatic N) is 8. The second-order valence-corrected chi connectivity index (χ2v) is 14.9. The average Bonchev–Trinajstić information content (AvgIpc) is 3.02. The van der Waals surface area contributed by atoms with Crippen molar-refractivity contribution in [1.29, 1.82) is 0 Å². The number of dihydropyridines is 1. The number of hydrogen-bond donors (Lipinski definition) is 2. The molecule has 2 aromatic rings. The second-order valence-electron chi connectivity index (χ2n) is 14.9. The topological polar surface area (TPSA) is 96.0 Å². The highest BCUT2D eigenvalue weighted by molar-refractivity contribution is 6.47. The number of quaternary nitrogens is 1. The Balaban J connectivity index is 1.76. The monoisotopic (exact) mass is 676 g/mol.